The Balaban J connectivity index is 2.34. The lowest BCUT2D eigenvalue weighted by Gasteiger charge is -2.18. The highest BCUT2D eigenvalue weighted by Crippen LogP contribution is 2.26. The first kappa shape index (κ1) is 14.4. The molecular formula is C11H16N6O2S. The molecule has 2 N–H and O–H groups in total. The number of hydrogen-bond donors (Lipinski definition) is 2. The minimum atomic E-state index is -3.52. The second-order valence-corrected chi connectivity index (χ2v) is 6.54. The molecule has 1 heterocycles. The summed E-state index contributed by atoms with van der Waals surface area (Å²) in [5, 5.41) is 16.7. The van der Waals surface area contributed by atoms with Gasteiger partial charge in [0.1, 0.15) is 4.90 Å². The largest absolute Gasteiger partial charge is 0.374 e. The van der Waals surface area contributed by atoms with Crippen molar-refractivity contribution in [1.82, 2.24) is 24.9 Å². The Kier molecular flexibility index (Phi) is 4.00. The van der Waals surface area contributed by atoms with Crippen LogP contribution in [0.1, 0.15) is 18.8 Å². The first-order valence-electron chi connectivity index (χ1n) is 5.94. The van der Waals surface area contributed by atoms with Gasteiger partial charge in [-0.3, -0.25) is 0 Å². The molecule has 0 bridgehead atoms. The monoisotopic (exact) mass is 296 g/mol. The Morgan fingerprint density at radius 2 is 2.00 bits per heavy atom. The number of aromatic nitrogens is 4. The van der Waals surface area contributed by atoms with Gasteiger partial charge in [0.05, 0.1) is 11.7 Å². The summed E-state index contributed by atoms with van der Waals surface area (Å²) < 4.78 is 25.7. The zero-order valence-corrected chi connectivity index (χ0v) is 12.2. The summed E-state index contributed by atoms with van der Waals surface area (Å²) in [7, 11) is -0.526. The van der Waals surface area contributed by atoms with Gasteiger partial charge >= 0.3 is 0 Å². The zero-order chi connectivity index (χ0) is 14.8. The maximum Gasteiger partial charge on any atom is 0.244 e. The molecule has 0 aliphatic rings. The van der Waals surface area contributed by atoms with Crippen molar-refractivity contribution in [3.8, 4) is 0 Å². The third-order valence-electron chi connectivity index (χ3n) is 2.77. The van der Waals surface area contributed by atoms with E-state index in [0.717, 1.165) is 0 Å². The number of anilines is 1. The van der Waals surface area contributed by atoms with Gasteiger partial charge in [0.2, 0.25) is 10.0 Å². The predicted octanol–water partition coefficient (Wildman–Crippen LogP) is 0.623. The van der Waals surface area contributed by atoms with Crippen LogP contribution in [0.5, 0.6) is 0 Å². The second kappa shape index (κ2) is 5.55. The molecule has 8 nitrogen and oxygen atoms in total. The highest BCUT2D eigenvalue weighted by molar-refractivity contribution is 7.89. The van der Waals surface area contributed by atoms with Crippen molar-refractivity contribution in [1.29, 1.82) is 0 Å². The molecule has 2 aromatic rings. The van der Waals surface area contributed by atoms with E-state index in [1.807, 2.05) is 6.92 Å². The van der Waals surface area contributed by atoms with E-state index in [-0.39, 0.29) is 10.9 Å². The van der Waals surface area contributed by atoms with Gasteiger partial charge < -0.3 is 5.32 Å². The van der Waals surface area contributed by atoms with Crippen molar-refractivity contribution >= 4 is 15.7 Å². The number of rotatable bonds is 5. The van der Waals surface area contributed by atoms with E-state index >= 15 is 0 Å². The standard InChI is InChI=1S/C11H16N6O2S/c1-8(11-13-15-16-14-11)12-9-6-4-5-7-10(9)20(18,19)17(2)3/h4-8,12H,1-3H3,(H,13,14,15,16). The molecule has 0 aliphatic heterocycles. The van der Waals surface area contributed by atoms with Gasteiger partial charge in [-0.05, 0) is 19.1 Å². The minimum absolute atomic E-state index is 0.209. The average Bonchev–Trinajstić information content (AvgIpc) is 2.93. The van der Waals surface area contributed by atoms with Gasteiger partial charge in [0.25, 0.3) is 0 Å². The maximum absolute atomic E-state index is 12.3. The SMILES string of the molecule is CC(Nc1ccccc1S(=O)(=O)N(C)C)c1nn[nH]n1. The molecular weight excluding hydrogens is 280 g/mol. The Bertz CT molecular complexity index is 668. The normalized spacial score (nSPS) is 13.4. The van der Waals surface area contributed by atoms with Crippen LogP contribution in [0.25, 0.3) is 0 Å². The molecule has 0 saturated carbocycles. The van der Waals surface area contributed by atoms with Crippen LogP contribution < -0.4 is 5.32 Å². The van der Waals surface area contributed by atoms with Crippen LogP contribution >= 0.6 is 0 Å². The van der Waals surface area contributed by atoms with Crippen molar-refractivity contribution in [3.63, 3.8) is 0 Å². The summed E-state index contributed by atoms with van der Waals surface area (Å²) in [6, 6.07) is 6.43. The van der Waals surface area contributed by atoms with Crippen LogP contribution in [0.3, 0.4) is 0 Å². The first-order chi connectivity index (χ1) is 9.43. The molecule has 1 unspecified atom stereocenters. The molecule has 2 rings (SSSR count). The number of benzene rings is 1. The molecule has 108 valence electrons. The number of hydrogen-bond acceptors (Lipinski definition) is 6. The van der Waals surface area contributed by atoms with E-state index < -0.39 is 10.0 Å². The third-order valence-corrected chi connectivity index (χ3v) is 4.64. The summed E-state index contributed by atoms with van der Waals surface area (Å²) in [5.74, 6) is 0.460. The molecule has 0 aliphatic carbocycles. The number of para-hydroxylation sites is 1. The lowest BCUT2D eigenvalue weighted by Crippen LogP contribution is -2.23. The molecule has 1 aromatic carbocycles. The lowest BCUT2D eigenvalue weighted by molar-refractivity contribution is 0.521. The summed E-state index contributed by atoms with van der Waals surface area (Å²) in [5.41, 5.74) is 0.499. The van der Waals surface area contributed by atoms with Gasteiger partial charge in [-0.2, -0.15) is 5.21 Å². The Morgan fingerprint density at radius 3 is 2.60 bits per heavy atom. The highest BCUT2D eigenvalue weighted by Gasteiger charge is 2.22. The number of tetrazole rings is 1. The second-order valence-electron chi connectivity index (χ2n) is 4.42. The van der Waals surface area contributed by atoms with E-state index in [1.54, 1.807) is 24.3 Å². The van der Waals surface area contributed by atoms with Crippen LogP contribution in [0.4, 0.5) is 5.69 Å². The van der Waals surface area contributed by atoms with Crippen LogP contribution in [0.15, 0.2) is 29.2 Å². The van der Waals surface area contributed by atoms with Gasteiger partial charge in [-0.25, -0.2) is 12.7 Å². The van der Waals surface area contributed by atoms with Crippen molar-refractivity contribution in [2.24, 2.45) is 0 Å². The first-order valence-corrected chi connectivity index (χ1v) is 7.38. The Hall–Kier alpha value is -2.00. The van der Waals surface area contributed by atoms with Crippen LogP contribution in [-0.4, -0.2) is 47.4 Å². The lowest BCUT2D eigenvalue weighted by atomic mass is 10.2. The molecule has 20 heavy (non-hydrogen) atoms. The summed E-state index contributed by atoms with van der Waals surface area (Å²) in [6.07, 6.45) is 0. The Morgan fingerprint density at radius 1 is 1.30 bits per heavy atom. The van der Waals surface area contributed by atoms with Gasteiger partial charge in [0.15, 0.2) is 5.82 Å². The summed E-state index contributed by atoms with van der Waals surface area (Å²) in [6.45, 7) is 1.82. The molecule has 0 saturated heterocycles. The van der Waals surface area contributed by atoms with Crippen molar-refractivity contribution in [2.75, 3.05) is 19.4 Å². The van der Waals surface area contributed by atoms with E-state index in [4.69, 9.17) is 0 Å². The Labute approximate surface area is 117 Å². The quantitative estimate of drug-likeness (QED) is 0.838. The third kappa shape index (κ3) is 2.78. The van der Waals surface area contributed by atoms with Gasteiger partial charge in [-0.1, -0.05) is 17.3 Å². The number of nitrogens with zero attached hydrogens (tertiary/aromatic N) is 4. The molecule has 0 fully saturated rings. The highest BCUT2D eigenvalue weighted by atomic mass is 32.2. The van der Waals surface area contributed by atoms with E-state index in [2.05, 4.69) is 25.9 Å². The van der Waals surface area contributed by atoms with Crippen LogP contribution in [-0.2, 0) is 10.0 Å². The fraction of sp³-hybridized carbons (Fsp3) is 0.364. The molecule has 9 heteroatoms. The van der Waals surface area contributed by atoms with Gasteiger partial charge in [-0.15, -0.1) is 10.2 Å². The zero-order valence-electron chi connectivity index (χ0n) is 11.4. The van der Waals surface area contributed by atoms with Crippen molar-refractivity contribution in [3.05, 3.63) is 30.1 Å². The van der Waals surface area contributed by atoms with Crippen LogP contribution in [0, 0.1) is 0 Å². The molecule has 0 radical (unpaired) electrons. The maximum atomic E-state index is 12.3. The molecule has 0 amide bonds. The number of H-pyrrole nitrogens is 1. The number of nitrogens with one attached hydrogen (secondary N) is 2. The summed E-state index contributed by atoms with van der Waals surface area (Å²) >= 11 is 0. The minimum Gasteiger partial charge on any atom is -0.374 e. The fourth-order valence-electron chi connectivity index (χ4n) is 1.66. The molecule has 1 aromatic heterocycles. The van der Waals surface area contributed by atoms with Crippen molar-refractivity contribution < 1.29 is 8.42 Å². The molecule has 0 spiro atoms. The average molecular weight is 296 g/mol. The summed E-state index contributed by atoms with van der Waals surface area (Å²) in [4.78, 5) is 0.209. The molecule has 1 atom stereocenters. The van der Waals surface area contributed by atoms with Gasteiger partial charge in [0, 0.05) is 14.1 Å². The number of aromatic amines is 1. The van der Waals surface area contributed by atoms with E-state index in [1.165, 1.54) is 18.4 Å². The van der Waals surface area contributed by atoms with E-state index in [0.29, 0.717) is 11.5 Å². The predicted molar refractivity (Wildman–Crippen MR) is 73.5 cm³/mol. The number of sulfonamides is 1. The van der Waals surface area contributed by atoms with Crippen LogP contribution in [0.2, 0.25) is 0 Å². The fourth-order valence-corrected chi connectivity index (χ4v) is 2.71. The topological polar surface area (TPSA) is 104 Å². The van der Waals surface area contributed by atoms with Crippen molar-refractivity contribution in [2.45, 2.75) is 17.9 Å². The smallest absolute Gasteiger partial charge is 0.244 e. The van der Waals surface area contributed by atoms with E-state index in [9.17, 15) is 8.42 Å².